The third-order valence-electron chi connectivity index (χ3n) is 5.66. The van der Waals surface area contributed by atoms with Crippen molar-refractivity contribution < 1.29 is 9.15 Å². The highest BCUT2D eigenvalue weighted by Crippen LogP contribution is 2.30. The molecular formula is C26H23ClN2O2. The summed E-state index contributed by atoms with van der Waals surface area (Å²) in [7, 11) is 1.66. The van der Waals surface area contributed by atoms with Crippen molar-refractivity contribution in [1.82, 2.24) is 0 Å². The number of rotatable bonds is 4. The third-order valence-corrected chi connectivity index (χ3v) is 5.99. The Balaban J connectivity index is 1.65. The fraction of sp³-hybridized carbons (Fsp3) is 0.192. The monoisotopic (exact) mass is 430 g/mol. The van der Waals surface area contributed by atoms with Crippen molar-refractivity contribution in [1.29, 1.82) is 0 Å². The normalized spacial score (nSPS) is 14.4. The van der Waals surface area contributed by atoms with Crippen molar-refractivity contribution in [3.05, 3.63) is 83.2 Å². The molecule has 1 aliphatic rings. The van der Waals surface area contributed by atoms with Crippen LogP contribution in [-0.2, 0) is 0 Å². The average Bonchev–Trinajstić information content (AvgIpc) is 3.34. The molecule has 0 bridgehead atoms. The maximum atomic E-state index is 6.43. The van der Waals surface area contributed by atoms with Gasteiger partial charge in [0.2, 0.25) is 0 Å². The number of benzene rings is 3. The maximum absolute atomic E-state index is 6.43. The molecule has 2 heterocycles. The molecule has 5 heteroatoms. The molecule has 31 heavy (non-hydrogen) atoms. The van der Waals surface area contributed by atoms with Crippen molar-refractivity contribution in [3.8, 4) is 17.1 Å². The van der Waals surface area contributed by atoms with Gasteiger partial charge in [0.25, 0.3) is 0 Å². The molecule has 4 aromatic rings. The van der Waals surface area contributed by atoms with Crippen LogP contribution >= 0.6 is 11.6 Å². The second-order valence-corrected chi connectivity index (χ2v) is 8.07. The van der Waals surface area contributed by atoms with E-state index >= 15 is 0 Å². The molecule has 1 aliphatic heterocycles. The summed E-state index contributed by atoms with van der Waals surface area (Å²) >= 11 is 6.43. The number of halogens is 1. The predicted octanol–water partition coefficient (Wildman–Crippen LogP) is 6.59. The molecule has 1 aromatic heterocycles. The fourth-order valence-electron chi connectivity index (χ4n) is 4.01. The summed E-state index contributed by atoms with van der Waals surface area (Å²) in [5.41, 5.74) is 3.71. The zero-order valence-corrected chi connectivity index (χ0v) is 18.1. The van der Waals surface area contributed by atoms with E-state index in [2.05, 4.69) is 29.2 Å². The first-order valence-corrected chi connectivity index (χ1v) is 10.9. The van der Waals surface area contributed by atoms with Gasteiger partial charge in [-0.25, -0.2) is 4.99 Å². The van der Waals surface area contributed by atoms with Gasteiger partial charge in [0.1, 0.15) is 17.1 Å². The van der Waals surface area contributed by atoms with Gasteiger partial charge in [-0.05, 0) is 67.4 Å². The lowest BCUT2D eigenvalue weighted by molar-refractivity contribution is 0.415. The third kappa shape index (κ3) is 4.04. The SMILES string of the molecule is COc1ccc2oc(-c3ccccc3Cl)cc(=Nc3ccc(N4CCCC4)cc3)c2c1. The van der Waals surface area contributed by atoms with Gasteiger partial charge in [0.05, 0.1) is 23.2 Å². The molecule has 4 nitrogen and oxygen atoms in total. The van der Waals surface area contributed by atoms with Crippen LogP contribution in [0.15, 0.2) is 82.2 Å². The minimum atomic E-state index is 0.639. The Morgan fingerprint density at radius 1 is 0.935 bits per heavy atom. The molecular weight excluding hydrogens is 408 g/mol. The fourth-order valence-corrected chi connectivity index (χ4v) is 4.24. The highest BCUT2D eigenvalue weighted by molar-refractivity contribution is 6.33. The van der Waals surface area contributed by atoms with Gasteiger partial charge in [0, 0.05) is 35.8 Å². The van der Waals surface area contributed by atoms with Gasteiger partial charge in [-0.15, -0.1) is 0 Å². The van der Waals surface area contributed by atoms with Crippen molar-refractivity contribution in [2.75, 3.05) is 25.1 Å². The van der Waals surface area contributed by atoms with Crippen LogP contribution in [0.5, 0.6) is 5.75 Å². The number of nitrogens with zero attached hydrogens (tertiary/aromatic N) is 2. The van der Waals surface area contributed by atoms with Crippen molar-refractivity contribution >= 4 is 33.9 Å². The van der Waals surface area contributed by atoms with E-state index < -0.39 is 0 Å². The Morgan fingerprint density at radius 2 is 1.71 bits per heavy atom. The standard InChI is InChI=1S/C26H23ClN2O2/c1-30-20-12-13-25-22(16-20)24(17-26(31-25)21-6-2-3-7-23(21)27)28-18-8-10-19(11-9-18)29-14-4-5-15-29/h2-3,6-13,16-17H,4-5,14-15H2,1H3. The van der Waals surface area contributed by atoms with Crippen LogP contribution < -0.4 is 15.0 Å². The van der Waals surface area contributed by atoms with Crippen molar-refractivity contribution in [2.24, 2.45) is 4.99 Å². The molecule has 0 spiro atoms. The van der Waals surface area contributed by atoms with E-state index in [1.807, 2.05) is 48.5 Å². The predicted molar refractivity (Wildman–Crippen MR) is 126 cm³/mol. The van der Waals surface area contributed by atoms with Crippen LogP contribution in [0.25, 0.3) is 22.3 Å². The van der Waals surface area contributed by atoms with E-state index in [1.165, 1.54) is 18.5 Å². The number of methoxy groups -OCH3 is 1. The smallest absolute Gasteiger partial charge is 0.138 e. The van der Waals surface area contributed by atoms with E-state index in [0.717, 1.165) is 46.4 Å². The zero-order valence-electron chi connectivity index (χ0n) is 17.3. The minimum Gasteiger partial charge on any atom is -0.497 e. The molecule has 0 aliphatic carbocycles. The maximum Gasteiger partial charge on any atom is 0.138 e. The molecule has 3 aromatic carbocycles. The number of hydrogen-bond donors (Lipinski definition) is 0. The Kier molecular flexibility index (Phi) is 5.39. The molecule has 1 saturated heterocycles. The molecule has 0 radical (unpaired) electrons. The van der Waals surface area contributed by atoms with Gasteiger partial charge in [0.15, 0.2) is 0 Å². The van der Waals surface area contributed by atoms with Gasteiger partial charge in [-0.2, -0.15) is 0 Å². The van der Waals surface area contributed by atoms with Gasteiger partial charge in [-0.3, -0.25) is 0 Å². The van der Waals surface area contributed by atoms with Crippen LogP contribution in [0, 0.1) is 0 Å². The Bertz CT molecular complexity index is 1290. The lowest BCUT2D eigenvalue weighted by atomic mass is 10.1. The highest BCUT2D eigenvalue weighted by atomic mass is 35.5. The quantitative estimate of drug-likeness (QED) is 0.366. The molecule has 0 saturated carbocycles. The van der Waals surface area contributed by atoms with E-state index in [4.69, 9.17) is 25.7 Å². The van der Waals surface area contributed by atoms with Crippen molar-refractivity contribution in [2.45, 2.75) is 12.8 Å². The minimum absolute atomic E-state index is 0.639. The summed E-state index contributed by atoms with van der Waals surface area (Å²) in [6, 6.07) is 23.8. The number of fused-ring (bicyclic) bond motifs is 1. The summed E-state index contributed by atoms with van der Waals surface area (Å²) in [6.45, 7) is 2.25. The number of anilines is 1. The average molecular weight is 431 g/mol. The molecule has 0 N–H and O–H groups in total. The summed E-state index contributed by atoms with van der Waals surface area (Å²) in [5, 5.41) is 2.34. The summed E-state index contributed by atoms with van der Waals surface area (Å²) in [4.78, 5) is 7.37. The molecule has 156 valence electrons. The van der Waals surface area contributed by atoms with Gasteiger partial charge in [-0.1, -0.05) is 23.7 Å². The first kappa shape index (κ1) is 19.7. The van der Waals surface area contributed by atoms with Crippen LogP contribution in [0.1, 0.15) is 12.8 Å². The largest absolute Gasteiger partial charge is 0.497 e. The second kappa shape index (κ2) is 8.48. The zero-order chi connectivity index (χ0) is 21.2. The van der Waals surface area contributed by atoms with Crippen LogP contribution in [-0.4, -0.2) is 20.2 Å². The number of hydrogen-bond acceptors (Lipinski definition) is 4. The van der Waals surface area contributed by atoms with E-state index in [9.17, 15) is 0 Å². The Labute approximate surface area is 186 Å². The molecule has 0 amide bonds. The Hall–Kier alpha value is -3.24. The molecule has 5 rings (SSSR count). The summed E-state index contributed by atoms with van der Waals surface area (Å²) in [6.07, 6.45) is 2.52. The lowest BCUT2D eigenvalue weighted by Crippen LogP contribution is -2.17. The van der Waals surface area contributed by atoms with E-state index in [1.54, 1.807) is 7.11 Å². The highest BCUT2D eigenvalue weighted by Gasteiger charge is 2.12. The first-order valence-electron chi connectivity index (χ1n) is 10.5. The Morgan fingerprint density at radius 3 is 2.45 bits per heavy atom. The second-order valence-electron chi connectivity index (χ2n) is 7.66. The van der Waals surface area contributed by atoms with Crippen molar-refractivity contribution in [3.63, 3.8) is 0 Å². The molecule has 1 fully saturated rings. The molecule has 0 unspecified atom stereocenters. The van der Waals surface area contributed by atoms with Gasteiger partial charge < -0.3 is 14.1 Å². The van der Waals surface area contributed by atoms with Crippen LogP contribution in [0.4, 0.5) is 11.4 Å². The first-order chi connectivity index (χ1) is 15.2. The lowest BCUT2D eigenvalue weighted by Gasteiger charge is -2.17. The van der Waals surface area contributed by atoms with E-state index in [0.29, 0.717) is 10.8 Å². The van der Waals surface area contributed by atoms with Crippen LogP contribution in [0.3, 0.4) is 0 Å². The summed E-state index contributed by atoms with van der Waals surface area (Å²) < 4.78 is 11.6. The topological polar surface area (TPSA) is 38.0 Å². The molecule has 0 atom stereocenters. The van der Waals surface area contributed by atoms with Crippen LogP contribution in [0.2, 0.25) is 5.02 Å². The van der Waals surface area contributed by atoms with Gasteiger partial charge >= 0.3 is 0 Å². The number of ether oxygens (including phenoxy) is 1. The summed E-state index contributed by atoms with van der Waals surface area (Å²) in [5.74, 6) is 1.43. The van der Waals surface area contributed by atoms with E-state index in [-0.39, 0.29) is 0 Å².